The van der Waals surface area contributed by atoms with E-state index in [1.54, 1.807) is 0 Å². The highest BCUT2D eigenvalue weighted by molar-refractivity contribution is 7.99. The van der Waals surface area contributed by atoms with Gasteiger partial charge < -0.3 is 0 Å². The number of benzene rings is 2. The number of rotatable bonds is 5. The van der Waals surface area contributed by atoms with Gasteiger partial charge in [-0.2, -0.15) is 0 Å². The Morgan fingerprint density at radius 2 is 1.53 bits per heavy atom. The van der Waals surface area contributed by atoms with Gasteiger partial charge in [0.2, 0.25) is 0 Å². The molecule has 0 aliphatic rings. The Hall–Kier alpha value is -1.18. The molecule has 2 aromatic rings. The Labute approximate surface area is 124 Å². The van der Waals surface area contributed by atoms with E-state index >= 15 is 0 Å². The first-order valence-corrected chi connectivity index (χ1v) is 7.78. The van der Waals surface area contributed by atoms with E-state index in [4.69, 9.17) is 11.6 Å². The first-order valence-electron chi connectivity index (χ1n) is 6.42. The van der Waals surface area contributed by atoms with Gasteiger partial charge >= 0.3 is 0 Å². The molecule has 0 N–H and O–H groups in total. The van der Waals surface area contributed by atoms with Crippen LogP contribution in [0.25, 0.3) is 5.03 Å². The SMILES string of the molecule is CC/C(CSc1ccccc1)=C(/Cl)c1ccccc1. The molecule has 0 radical (unpaired) electrons. The highest BCUT2D eigenvalue weighted by Crippen LogP contribution is 2.29. The Morgan fingerprint density at radius 1 is 0.947 bits per heavy atom. The van der Waals surface area contributed by atoms with Crippen molar-refractivity contribution in [1.29, 1.82) is 0 Å². The molecule has 0 saturated carbocycles. The summed E-state index contributed by atoms with van der Waals surface area (Å²) in [5.41, 5.74) is 2.40. The van der Waals surface area contributed by atoms with Crippen molar-refractivity contribution in [1.82, 2.24) is 0 Å². The molecule has 0 atom stereocenters. The fourth-order valence-corrected chi connectivity index (χ4v) is 3.24. The minimum absolute atomic E-state index is 0.895. The van der Waals surface area contributed by atoms with E-state index in [1.807, 2.05) is 36.0 Å². The van der Waals surface area contributed by atoms with Crippen molar-refractivity contribution in [3.8, 4) is 0 Å². The Kier molecular flexibility index (Phi) is 5.56. The first-order chi connectivity index (χ1) is 9.31. The minimum Gasteiger partial charge on any atom is -0.122 e. The Bertz CT molecular complexity index is 532. The second kappa shape index (κ2) is 7.42. The largest absolute Gasteiger partial charge is 0.122 e. The molecule has 0 nitrogen and oxygen atoms in total. The van der Waals surface area contributed by atoms with Crippen LogP contribution in [-0.2, 0) is 0 Å². The lowest BCUT2D eigenvalue weighted by Gasteiger charge is -2.09. The Morgan fingerprint density at radius 3 is 2.11 bits per heavy atom. The zero-order valence-electron chi connectivity index (χ0n) is 11.0. The van der Waals surface area contributed by atoms with Crippen LogP contribution < -0.4 is 0 Å². The highest BCUT2D eigenvalue weighted by atomic mass is 35.5. The molecule has 0 aliphatic carbocycles. The molecule has 2 aromatic carbocycles. The summed E-state index contributed by atoms with van der Waals surface area (Å²) in [6.45, 7) is 2.16. The lowest BCUT2D eigenvalue weighted by atomic mass is 10.1. The van der Waals surface area contributed by atoms with Crippen LogP contribution in [0.15, 0.2) is 71.1 Å². The summed E-state index contributed by atoms with van der Waals surface area (Å²) in [6.07, 6.45) is 0.980. The topological polar surface area (TPSA) is 0 Å². The molecule has 98 valence electrons. The molecule has 19 heavy (non-hydrogen) atoms. The fourth-order valence-electron chi connectivity index (χ4n) is 1.80. The lowest BCUT2D eigenvalue weighted by Crippen LogP contribution is -1.90. The highest BCUT2D eigenvalue weighted by Gasteiger charge is 2.06. The van der Waals surface area contributed by atoms with Crippen LogP contribution in [0.5, 0.6) is 0 Å². The average molecular weight is 289 g/mol. The van der Waals surface area contributed by atoms with Crippen molar-refractivity contribution in [2.24, 2.45) is 0 Å². The molecule has 2 rings (SSSR count). The second-order valence-corrected chi connectivity index (χ2v) is 5.67. The van der Waals surface area contributed by atoms with E-state index in [1.165, 1.54) is 10.5 Å². The Balaban J connectivity index is 2.11. The molecule has 0 heterocycles. The van der Waals surface area contributed by atoms with E-state index in [2.05, 4.69) is 43.3 Å². The van der Waals surface area contributed by atoms with E-state index in [0.29, 0.717) is 0 Å². The number of hydrogen-bond donors (Lipinski definition) is 0. The van der Waals surface area contributed by atoms with Crippen LogP contribution in [0.2, 0.25) is 0 Å². The quantitative estimate of drug-likeness (QED) is 0.623. The smallest absolute Gasteiger partial charge is 0.0478 e. The van der Waals surface area contributed by atoms with Gasteiger partial charge in [0.05, 0.1) is 0 Å². The van der Waals surface area contributed by atoms with E-state index in [-0.39, 0.29) is 0 Å². The number of halogens is 1. The summed E-state index contributed by atoms with van der Waals surface area (Å²) in [5.74, 6) is 0.939. The van der Waals surface area contributed by atoms with Crippen molar-refractivity contribution >= 4 is 28.4 Å². The maximum Gasteiger partial charge on any atom is 0.0478 e. The van der Waals surface area contributed by atoms with Gasteiger partial charge in [0.1, 0.15) is 0 Å². The van der Waals surface area contributed by atoms with E-state index < -0.39 is 0 Å². The zero-order valence-corrected chi connectivity index (χ0v) is 12.5. The van der Waals surface area contributed by atoms with Crippen molar-refractivity contribution in [3.05, 3.63) is 71.8 Å². The average Bonchev–Trinajstić information content (AvgIpc) is 2.49. The summed E-state index contributed by atoms with van der Waals surface area (Å²) < 4.78 is 0. The second-order valence-electron chi connectivity index (χ2n) is 4.24. The molecule has 0 amide bonds. The predicted octanol–water partition coefficient (Wildman–Crippen LogP) is 5.84. The zero-order chi connectivity index (χ0) is 13.5. The molecule has 0 saturated heterocycles. The molecule has 0 bridgehead atoms. The fraction of sp³-hybridized carbons (Fsp3) is 0.176. The molecular weight excluding hydrogens is 272 g/mol. The maximum absolute atomic E-state index is 6.50. The van der Waals surface area contributed by atoms with Crippen LogP contribution >= 0.6 is 23.4 Å². The molecule has 0 fully saturated rings. The van der Waals surface area contributed by atoms with E-state index in [0.717, 1.165) is 22.8 Å². The standard InChI is InChI=1S/C17H17ClS/c1-2-14(13-19-16-11-7-4-8-12-16)17(18)15-9-5-3-6-10-15/h3-12H,2,13H2,1H3/b17-14-. The molecule has 0 spiro atoms. The van der Waals surface area contributed by atoms with Crippen LogP contribution in [0.1, 0.15) is 18.9 Å². The normalized spacial score (nSPS) is 12.1. The van der Waals surface area contributed by atoms with Crippen molar-refractivity contribution < 1.29 is 0 Å². The summed E-state index contributed by atoms with van der Waals surface area (Å²) >= 11 is 8.34. The van der Waals surface area contributed by atoms with E-state index in [9.17, 15) is 0 Å². The third-order valence-electron chi connectivity index (χ3n) is 2.92. The van der Waals surface area contributed by atoms with Gasteiger partial charge in [-0.1, -0.05) is 67.1 Å². The van der Waals surface area contributed by atoms with Crippen LogP contribution in [0.4, 0.5) is 0 Å². The molecule has 0 unspecified atom stereocenters. The van der Waals surface area contributed by atoms with Gasteiger partial charge in [-0.25, -0.2) is 0 Å². The third kappa shape index (κ3) is 4.15. The van der Waals surface area contributed by atoms with Gasteiger partial charge in [0.15, 0.2) is 0 Å². The first kappa shape index (κ1) is 14.2. The maximum atomic E-state index is 6.50. The van der Waals surface area contributed by atoms with Gasteiger partial charge in [0, 0.05) is 15.7 Å². The van der Waals surface area contributed by atoms with Crippen LogP contribution in [0.3, 0.4) is 0 Å². The van der Waals surface area contributed by atoms with Crippen molar-refractivity contribution in [2.75, 3.05) is 5.75 Å². The van der Waals surface area contributed by atoms with Gasteiger partial charge in [-0.3, -0.25) is 0 Å². The van der Waals surface area contributed by atoms with Crippen molar-refractivity contribution in [2.45, 2.75) is 18.2 Å². The van der Waals surface area contributed by atoms with Crippen LogP contribution in [0, 0.1) is 0 Å². The summed E-state index contributed by atoms with van der Waals surface area (Å²) in [5, 5.41) is 0.895. The summed E-state index contributed by atoms with van der Waals surface area (Å²) in [6, 6.07) is 20.6. The van der Waals surface area contributed by atoms with Gasteiger partial charge in [0.25, 0.3) is 0 Å². The summed E-state index contributed by atoms with van der Waals surface area (Å²) in [7, 11) is 0. The van der Waals surface area contributed by atoms with Gasteiger partial charge in [-0.05, 0) is 29.7 Å². The van der Waals surface area contributed by atoms with Crippen LogP contribution in [-0.4, -0.2) is 5.75 Å². The van der Waals surface area contributed by atoms with Gasteiger partial charge in [-0.15, -0.1) is 11.8 Å². The molecule has 0 aliphatic heterocycles. The molecule has 2 heteroatoms. The lowest BCUT2D eigenvalue weighted by molar-refractivity contribution is 1.12. The monoisotopic (exact) mass is 288 g/mol. The predicted molar refractivity (Wildman–Crippen MR) is 86.7 cm³/mol. The minimum atomic E-state index is 0.895. The number of thioether (sulfide) groups is 1. The third-order valence-corrected chi connectivity index (χ3v) is 4.50. The van der Waals surface area contributed by atoms with Crippen molar-refractivity contribution in [3.63, 3.8) is 0 Å². The number of hydrogen-bond acceptors (Lipinski definition) is 1. The summed E-state index contributed by atoms with van der Waals surface area (Å²) in [4.78, 5) is 1.28. The molecular formula is C17H17ClS. The molecule has 0 aromatic heterocycles.